The van der Waals surface area contributed by atoms with Crippen LogP contribution in [0.15, 0.2) is 0 Å². The van der Waals surface area contributed by atoms with Gasteiger partial charge in [-0.05, 0) is 13.8 Å². The number of amides is 1. The van der Waals surface area contributed by atoms with Crippen LogP contribution in [0, 0.1) is 25.2 Å². The Kier molecular flexibility index (Phi) is 2.33. The summed E-state index contributed by atoms with van der Waals surface area (Å²) in [5.41, 5.74) is 6.58. The Balaban J connectivity index is 3.18. The van der Waals surface area contributed by atoms with E-state index in [0.717, 1.165) is 11.4 Å². The summed E-state index contributed by atoms with van der Waals surface area (Å²) in [5, 5.41) is 8.68. The second-order valence-electron chi connectivity index (χ2n) is 2.77. The van der Waals surface area contributed by atoms with Crippen molar-refractivity contribution in [3.8, 4) is 6.07 Å². The molecule has 0 atom stereocenters. The van der Waals surface area contributed by atoms with E-state index in [1.54, 1.807) is 13.8 Å². The molecule has 0 aliphatic heterocycles. The second kappa shape index (κ2) is 3.27. The van der Waals surface area contributed by atoms with E-state index < -0.39 is 5.91 Å². The highest BCUT2D eigenvalue weighted by atomic mass is 16.1. The summed E-state index contributed by atoms with van der Waals surface area (Å²) in [7, 11) is 0. The number of aromatic nitrogens is 2. The zero-order chi connectivity index (χ0) is 10.0. The molecule has 5 heteroatoms. The van der Waals surface area contributed by atoms with Gasteiger partial charge in [0.15, 0.2) is 0 Å². The third kappa shape index (κ3) is 1.67. The zero-order valence-electron chi connectivity index (χ0n) is 7.53. The van der Waals surface area contributed by atoms with E-state index in [0.29, 0.717) is 0 Å². The molecule has 5 nitrogen and oxygen atoms in total. The minimum absolute atomic E-state index is 0.00949. The Morgan fingerprint density at radius 1 is 1.69 bits per heavy atom. The maximum atomic E-state index is 10.7. The van der Waals surface area contributed by atoms with Crippen molar-refractivity contribution in [2.75, 3.05) is 0 Å². The predicted octanol–water partition coefficient (Wildman–Crippen LogP) is -0.143. The molecule has 1 aromatic rings. The van der Waals surface area contributed by atoms with Crippen molar-refractivity contribution < 1.29 is 4.79 Å². The molecule has 0 spiro atoms. The smallest absolute Gasteiger partial charge is 0.237 e. The number of aryl methyl sites for hydroxylation is 1. The van der Waals surface area contributed by atoms with Crippen LogP contribution in [-0.2, 0) is 11.3 Å². The fourth-order valence-corrected chi connectivity index (χ4v) is 1.09. The fourth-order valence-electron chi connectivity index (χ4n) is 1.09. The van der Waals surface area contributed by atoms with Gasteiger partial charge < -0.3 is 10.3 Å². The summed E-state index contributed by atoms with van der Waals surface area (Å²) in [6.45, 7) is 3.59. The number of carbonyl (C=O) groups is 1. The molecule has 2 N–H and O–H groups in total. The molecular formula is C8H10N4O. The van der Waals surface area contributed by atoms with Crippen molar-refractivity contribution in [2.24, 2.45) is 5.73 Å². The minimum Gasteiger partial charge on any atom is -0.368 e. The molecule has 0 radical (unpaired) electrons. The Hall–Kier alpha value is -1.83. The lowest BCUT2D eigenvalue weighted by atomic mass is 10.4. The van der Waals surface area contributed by atoms with Gasteiger partial charge in [0, 0.05) is 5.69 Å². The molecule has 0 aliphatic carbocycles. The second-order valence-corrected chi connectivity index (χ2v) is 2.77. The average molecular weight is 178 g/mol. The monoisotopic (exact) mass is 178 g/mol. The van der Waals surface area contributed by atoms with Crippen molar-refractivity contribution >= 4 is 5.91 Å². The molecule has 1 amide bonds. The van der Waals surface area contributed by atoms with Gasteiger partial charge in [0.25, 0.3) is 0 Å². The first kappa shape index (κ1) is 9.26. The predicted molar refractivity (Wildman–Crippen MR) is 45.6 cm³/mol. The van der Waals surface area contributed by atoms with Crippen LogP contribution in [-0.4, -0.2) is 15.5 Å². The normalized spacial score (nSPS) is 9.62. The maximum Gasteiger partial charge on any atom is 0.237 e. The first-order valence-corrected chi connectivity index (χ1v) is 3.78. The molecule has 0 aliphatic rings. The first-order valence-electron chi connectivity index (χ1n) is 3.78. The molecule has 0 saturated carbocycles. The summed E-state index contributed by atoms with van der Waals surface area (Å²) >= 11 is 0. The van der Waals surface area contributed by atoms with Gasteiger partial charge >= 0.3 is 0 Å². The van der Waals surface area contributed by atoms with Crippen LogP contribution in [0.3, 0.4) is 0 Å². The number of rotatable bonds is 2. The van der Waals surface area contributed by atoms with Crippen molar-refractivity contribution in [3.63, 3.8) is 0 Å². The van der Waals surface area contributed by atoms with Gasteiger partial charge in [-0.3, -0.25) is 4.79 Å². The molecule has 68 valence electrons. The van der Waals surface area contributed by atoms with Crippen molar-refractivity contribution in [2.45, 2.75) is 20.4 Å². The maximum absolute atomic E-state index is 10.7. The number of hydrogen-bond donors (Lipinski definition) is 1. The molecule has 0 saturated heterocycles. The molecule has 1 rings (SSSR count). The van der Waals surface area contributed by atoms with Crippen LogP contribution in [0.2, 0.25) is 0 Å². The van der Waals surface area contributed by atoms with Crippen LogP contribution in [0.1, 0.15) is 17.2 Å². The first-order chi connectivity index (χ1) is 6.06. The number of hydrogen-bond acceptors (Lipinski definition) is 3. The highest BCUT2D eigenvalue weighted by Crippen LogP contribution is 2.08. The van der Waals surface area contributed by atoms with Gasteiger partial charge in [-0.15, -0.1) is 0 Å². The number of nitrogens with two attached hydrogens (primary N) is 1. The largest absolute Gasteiger partial charge is 0.368 e. The summed E-state index contributed by atoms with van der Waals surface area (Å²) in [6.07, 6.45) is 0. The molecule has 1 aromatic heterocycles. The van der Waals surface area contributed by atoms with Crippen LogP contribution in [0.25, 0.3) is 0 Å². The number of nitriles is 1. The lowest BCUT2D eigenvalue weighted by Crippen LogP contribution is -2.20. The van der Waals surface area contributed by atoms with Crippen LogP contribution < -0.4 is 5.73 Å². The Morgan fingerprint density at radius 2 is 2.31 bits per heavy atom. The van der Waals surface area contributed by atoms with Crippen LogP contribution in [0.5, 0.6) is 0 Å². The van der Waals surface area contributed by atoms with E-state index in [1.165, 1.54) is 4.57 Å². The van der Waals surface area contributed by atoms with E-state index in [4.69, 9.17) is 11.0 Å². The zero-order valence-corrected chi connectivity index (χ0v) is 7.53. The van der Waals surface area contributed by atoms with E-state index in [9.17, 15) is 4.79 Å². The van der Waals surface area contributed by atoms with Crippen molar-refractivity contribution in [1.29, 1.82) is 5.26 Å². The van der Waals surface area contributed by atoms with E-state index in [1.807, 2.05) is 6.07 Å². The van der Waals surface area contributed by atoms with Gasteiger partial charge in [-0.25, -0.2) is 4.98 Å². The molecule has 13 heavy (non-hydrogen) atoms. The number of primary amides is 1. The average Bonchev–Trinajstić information content (AvgIpc) is 2.31. The van der Waals surface area contributed by atoms with Crippen LogP contribution in [0.4, 0.5) is 0 Å². The topological polar surface area (TPSA) is 84.7 Å². The van der Waals surface area contributed by atoms with Crippen LogP contribution >= 0.6 is 0 Å². The summed E-state index contributed by atoms with van der Waals surface area (Å²) in [6, 6.07) is 1.91. The Morgan fingerprint density at radius 3 is 2.77 bits per heavy atom. The fraction of sp³-hybridized carbons (Fsp3) is 0.375. The van der Waals surface area contributed by atoms with Gasteiger partial charge in [0.05, 0.1) is 5.69 Å². The summed E-state index contributed by atoms with van der Waals surface area (Å²) in [4.78, 5) is 14.6. The van der Waals surface area contributed by atoms with Gasteiger partial charge in [0.2, 0.25) is 11.7 Å². The third-order valence-corrected chi connectivity index (χ3v) is 1.87. The lowest BCUT2D eigenvalue weighted by molar-refractivity contribution is -0.118. The van der Waals surface area contributed by atoms with Gasteiger partial charge in [-0.2, -0.15) is 5.26 Å². The van der Waals surface area contributed by atoms with E-state index in [-0.39, 0.29) is 12.4 Å². The summed E-state index contributed by atoms with van der Waals surface area (Å²) < 4.78 is 1.51. The lowest BCUT2D eigenvalue weighted by Gasteiger charge is -2.02. The number of carbonyl (C=O) groups excluding carboxylic acids is 1. The summed E-state index contributed by atoms with van der Waals surface area (Å²) in [5.74, 6) is -0.245. The minimum atomic E-state index is -0.475. The van der Waals surface area contributed by atoms with E-state index in [2.05, 4.69) is 4.98 Å². The SMILES string of the molecule is Cc1nc(C#N)n(CC(N)=O)c1C. The Labute approximate surface area is 75.8 Å². The molecule has 0 aromatic carbocycles. The molecule has 1 heterocycles. The number of imidazole rings is 1. The van der Waals surface area contributed by atoms with Gasteiger partial charge in [0.1, 0.15) is 12.6 Å². The number of nitrogens with zero attached hydrogens (tertiary/aromatic N) is 3. The quantitative estimate of drug-likeness (QED) is 0.683. The molecule has 0 fully saturated rings. The molecule has 0 unspecified atom stereocenters. The highest BCUT2D eigenvalue weighted by molar-refractivity contribution is 5.73. The third-order valence-electron chi connectivity index (χ3n) is 1.87. The van der Waals surface area contributed by atoms with Crippen molar-refractivity contribution in [1.82, 2.24) is 9.55 Å². The van der Waals surface area contributed by atoms with Crippen molar-refractivity contribution in [3.05, 3.63) is 17.2 Å². The van der Waals surface area contributed by atoms with E-state index >= 15 is 0 Å². The highest BCUT2D eigenvalue weighted by Gasteiger charge is 2.11. The molecular weight excluding hydrogens is 168 g/mol. The standard InChI is InChI=1S/C8H10N4O/c1-5-6(2)12(4-7(10)13)8(3-9)11-5/h4H2,1-2H3,(H2,10,13). The Bertz CT molecular complexity index is 386. The van der Waals surface area contributed by atoms with Gasteiger partial charge in [-0.1, -0.05) is 0 Å². The molecule has 0 bridgehead atoms.